The number of alkyl halides is 16. The zero-order valence-corrected chi connectivity index (χ0v) is 53.5. The fraction of sp³-hybridized carbons (Fsp3) is 0.385. The zero-order chi connectivity index (χ0) is 36.2. The van der Waals surface area contributed by atoms with Gasteiger partial charge in [0.15, 0.2) is 9.02 Å². The molecule has 0 aromatic heterocycles. The average Bonchev–Trinajstić information content (AvgIpc) is 3.01. The van der Waals surface area contributed by atoms with Crippen molar-refractivity contribution in [3.05, 3.63) is 89.7 Å². The number of allylic oxidation sites excluding steroid dienone is 2. The lowest BCUT2D eigenvalue weighted by atomic mass is 9.83. The smallest absolute Gasteiger partial charge is 0.172 e. The number of ether oxygens (including phenoxy) is 1. The van der Waals surface area contributed by atoms with Crippen LogP contribution in [0.4, 0.5) is 0 Å². The van der Waals surface area contributed by atoms with Gasteiger partial charge in [0.05, 0.1) is 0 Å². The summed E-state index contributed by atoms with van der Waals surface area (Å²) in [6, 6.07) is 19.7. The van der Waals surface area contributed by atoms with Gasteiger partial charge in [-0.05, 0) is 43.0 Å². The van der Waals surface area contributed by atoms with E-state index in [0.29, 0.717) is 8.96 Å². The summed E-state index contributed by atoms with van der Waals surface area (Å²) in [7, 11) is 0. The number of benzene rings is 2. The fourth-order valence-corrected chi connectivity index (χ4v) is 27.1. The van der Waals surface area contributed by atoms with Gasteiger partial charge < -0.3 is 4.74 Å². The second-order valence-electron chi connectivity index (χ2n) is 10.0. The molecule has 0 saturated heterocycles. The highest BCUT2D eigenvalue weighted by atomic mass is 79.9. The molecule has 2 aliphatic rings. The maximum atomic E-state index is 7.82. The summed E-state index contributed by atoms with van der Waals surface area (Å²) in [4.78, 5) is 0. The van der Waals surface area contributed by atoms with Crippen molar-refractivity contribution in [3.63, 3.8) is 0 Å². The summed E-state index contributed by atoms with van der Waals surface area (Å²) in [5.41, 5.74) is 1.54. The molecule has 4 unspecified atom stereocenters. The van der Waals surface area contributed by atoms with E-state index in [9.17, 15) is 0 Å². The van der Waals surface area contributed by atoms with E-state index in [1.165, 1.54) is 0 Å². The van der Waals surface area contributed by atoms with Crippen LogP contribution in [0.1, 0.15) is 11.1 Å². The van der Waals surface area contributed by atoms with Crippen LogP contribution in [0.3, 0.4) is 0 Å². The van der Waals surface area contributed by atoms with Crippen LogP contribution in [0.25, 0.3) is 0 Å². The molecular formula is C26H10Br20O. The molecule has 2 aromatic carbocycles. The third-order valence-electron chi connectivity index (χ3n) is 7.44. The Kier molecular flexibility index (Phi) is 15.9. The Hall–Kier alpha value is 7.48. The number of hydrogen-bond acceptors (Lipinski definition) is 1. The zero-order valence-electron chi connectivity index (χ0n) is 21.7. The van der Waals surface area contributed by atoms with Crippen LogP contribution in [-0.4, -0.2) is 28.0 Å². The lowest BCUT2D eigenvalue weighted by molar-refractivity contribution is -0.0818. The van der Waals surface area contributed by atoms with Gasteiger partial charge in [-0.1, -0.05) is 347 Å². The van der Waals surface area contributed by atoms with Crippen LogP contribution in [-0.2, 0) is 13.8 Å². The minimum atomic E-state index is -1.45. The Balaban J connectivity index is 2.24. The Bertz CT molecular complexity index is 1500. The van der Waals surface area contributed by atoms with Crippen molar-refractivity contribution in [1.82, 2.24) is 0 Å². The molecule has 47 heavy (non-hydrogen) atoms. The normalized spacial score (nSPS) is 31.6. The van der Waals surface area contributed by atoms with Crippen LogP contribution in [0.15, 0.2) is 78.6 Å². The van der Waals surface area contributed by atoms with Crippen molar-refractivity contribution in [1.29, 1.82) is 0 Å². The molecule has 2 aliphatic carbocycles. The molecule has 0 saturated carbocycles. The molecule has 0 heterocycles. The van der Waals surface area contributed by atoms with Crippen molar-refractivity contribution in [2.45, 2.75) is 37.1 Å². The van der Waals surface area contributed by atoms with Gasteiger partial charge in [0, 0.05) is 17.9 Å². The molecule has 0 bridgehead atoms. The quantitative estimate of drug-likeness (QED) is 0.262. The standard InChI is InChI=1S/C26H10Br20O/c27-13-15(29)19(33,34)25(43,44)23(39,40)17(13,31)21(37,11-7-3-1-4-8-11)47-22(38,12-9-5-2-6-10-12)18(32)14(28)16(30)20(35,36)26(45,46)24(18,41)42/h1-10H. The maximum absolute atomic E-state index is 7.82. The summed E-state index contributed by atoms with van der Waals surface area (Å²) in [6.45, 7) is 0. The number of rotatable bonds is 6. The minimum absolute atomic E-state index is 0.688. The molecule has 1 nitrogen and oxygen atoms in total. The van der Waals surface area contributed by atoms with Crippen molar-refractivity contribution < 1.29 is 4.74 Å². The first-order valence-corrected chi connectivity index (χ1v) is 27.9. The van der Waals surface area contributed by atoms with Crippen LogP contribution in [0.2, 0.25) is 0 Å². The molecule has 0 fully saturated rings. The molecule has 0 radical (unpaired) electrons. The topological polar surface area (TPSA) is 9.23 Å². The van der Waals surface area contributed by atoms with Crippen LogP contribution in [0, 0.1) is 0 Å². The Labute approximate surface area is 441 Å². The van der Waals surface area contributed by atoms with E-state index in [1.807, 2.05) is 60.7 Å². The second-order valence-corrected chi connectivity index (χ2v) is 38.5. The molecule has 0 N–H and O–H groups in total. The first-order valence-electron chi connectivity index (χ1n) is 12.0. The van der Waals surface area contributed by atoms with Gasteiger partial charge in [-0.3, -0.25) is 0 Å². The lowest BCUT2D eigenvalue weighted by Crippen LogP contribution is -2.72. The SMILES string of the molecule is BrC1=C(Br)C(Br)(C(Br)(OC(Br)(c2ccccc2)C2(Br)C(Br)=C(Br)C(Br)(Br)C(Br)(Br)C2(Br)Br)c2ccccc2)C(Br)(Br)C(Br)(Br)C1(Br)Br. The summed E-state index contributed by atoms with van der Waals surface area (Å²) in [6.07, 6.45) is 0. The summed E-state index contributed by atoms with van der Waals surface area (Å²) >= 11 is 80.4. The predicted octanol–water partition coefficient (Wildman–Crippen LogP) is 18.7. The summed E-state index contributed by atoms with van der Waals surface area (Å²) in [5.74, 6) is 0. The Morgan fingerprint density at radius 1 is 0.383 bits per heavy atom. The average molecular weight is 1940 g/mol. The van der Waals surface area contributed by atoms with E-state index in [4.69, 9.17) is 4.74 Å². The molecule has 0 aliphatic heterocycles. The second kappa shape index (κ2) is 15.8. The molecular weight excluding hydrogens is 1930 g/mol. The van der Waals surface area contributed by atoms with Crippen molar-refractivity contribution >= 4 is 319 Å². The van der Waals surface area contributed by atoms with Gasteiger partial charge in [-0.2, -0.15) is 0 Å². The van der Waals surface area contributed by atoms with Gasteiger partial charge in [-0.15, -0.1) is 0 Å². The van der Waals surface area contributed by atoms with Gasteiger partial charge in [-0.25, -0.2) is 0 Å². The van der Waals surface area contributed by atoms with Crippen molar-refractivity contribution in [2.24, 2.45) is 0 Å². The van der Waals surface area contributed by atoms with Gasteiger partial charge >= 0.3 is 0 Å². The molecule has 260 valence electrons. The highest BCUT2D eigenvalue weighted by Gasteiger charge is 2.81. The Morgan fingerprint density at radius 2 is 0.638 bits per heavy atom. The van der Waals surface area contributed by atoms with Crippen LogP contribution in [0.5, 0.6) is 0 Å². The molecule has 0 amide bonds. The van der Waals surface area contributed by atoms with E-state index in [1.54, 1.807) is 0 Å². The maximum Gasteiger partial charge on any atom is 0.172 e. The van der Waals surface area contributed by atoms with E-state index in [2.05, 4.69) is 319 Å². The van der Waals surface area contributed by atoms with Crippen molar-refractivity contribution in [2.75, 3.05) is 0 Å². The number of halogens is 20. The summed E-state index contributed by atoms with van der Waals surface area (Å²) < 4.78 is -0.670. The van der Waals surface area contributed by atoms with Gasteiger partial charge in [0.2, 0.25) is 0 Å². The molecule has 0 spiro atoms. The minimum Gasteiger partial charge on any atom is -0.333 e. The van der Waals surface area contributed by atoms with Gasteiger partial charge in [0.25, 0.3) is 0 Å². The van der Waals surface area contributed by atoms with Crippen molar-refractivity contribution in [3.8, 4) is 0 Å². The highest BCUT2D eigenvalue weighted by Crippen LogP contribution is 2.81. The van der Waals surface area contributed by atoms with E-state index < -0.39 is 37.1 Å². The van der Waals surface area contributed by atoms with Gasteiger partial charge in [0.1, 0.15) is 28.0 Å². The highest BCUT2D eigenvalue weighted by molar-refractivity contribution is 9.35. The summed E-state index contributed by atoms with van der Waals surface area (Å²) in [5, 5.41) is 0. The third-order valence-corrected chi connectivity index (χ3v) is 46.4. The van der Waals surface area contributed by atoms with Crippen LogP contribution >= 0.6 is 319 Å². The number of hydrogen-bond donors (Lipinski definition) is 0. The first kappa shape index (κ1) is 47.2. The Morgan fingerprint density at radius 3 is 0.894 bits per heavy atom. The molecule has 2 aromatic rings. The van der Waals surface area contributed by atoms with Crippen LogP contribution < -0.4 is 0 Å². The van der Waals surface area contributed by atoms with E-state index in [0.717, 1.165) is 20.1 Å². The van der Waals surface area contributed by atoms with E-state index in [-0.39, 0.29) is 0 Å². The first-order chi connectivity index (χ1) is 21.0. The largest absolute Gasteiger partial charge is 0.333 e. The fourth-order valence-electron chi connectivity index (χ4n) is 4.80. The molecule has 4 rings (SSSR count). The molecule has 4 atom stereocenters. The van der Waals surface area contributed by atoms with E-state index >= 15 is 0 Å². The predicted molar refractivity (Wildman–Crippen MR) is 272 cm³/mol. The monoisotopic (exact) mass is 1920 g/mol. The lowest BCUT2D eigenvalue weighted by Gasteiger charge is -2.64. The molecule has 21 heteroatoms. The third kappa shape index (κ3) is 6.70.